The largest absolute Gasteiger partial charge is 0.500 e. The molecule has 6 nitrogen and oxygen atoms in total. The molecule has 1 N–H and O–H groups in total. The number of rotatable bonds is 11. The van der Waals surface area contributed by atoms with Crippen LogP contribution in [-0.2, 0) is 18.0 Å². The average Bonchev–Trinajstić information content (AvgIpc) is 2.55. The second-order valence-corrected chi connectivity index (χ2v) is 9.50. The van der Waals surface area contributed by atoms with Crippen LogP contribution in [0.15, 0.2) is 0 Å². The minimum Gasteiger partial charge on any atom is -0.379 e. The third-order valence-electron chi connectivity index (χ3n) is 4.35. The molecule has 132 valence electrons. The fraction of sp³-hybridized carbons (Fsp3) is 1.00. The fourth-order valence-electron chi connectivity index (χ4n) is 2.64. The number of ether oxygens (including phenoxy) is 1. The third-order valence-corrected chi connectivity index (χ3v) is 7.18. The first-order chi connectivity index (χ1) is 10.5. The number of hydrogen-bond acceptors (Lipinski definition) is 6. The Morgan fingerprint density at radius 1 is 1.09 bits per heavy atom. The summed E-state index contributed by atoms with van der Waals surface area (Å²) in [4.78, 5) is 2.48. The average molecular weight is 335 g/mol. The molecule has 1 saturated heterocycles. The van der Waals surface area contributed by atoms with Crippen molar-refractivity contribution in [2.75, 3.05) is 60.7 Å². The molecule has 1 fully saturated rings. The van der Waals surface area contributed by atoms with Gasteiger partial charge in [-0.3, -0.25) is 4.90 Å². The van der Waals surface area contributed by atoms with E-state index in [0.29, 0.717) is 0 Å². The number of hydrogen-bond donors (Lipinski definition) is 1. The molecule has 0 aliphatic carbocycles. The highest BCUT2D eigenvalue weighted by atomic mass is 28.4. The monoisotopic (exact) mass is 334 g/mol. The van der Waals surface area contributed by atoms with Crippen LogP contribution < -0.4 is 5.32 Å². The van der Waals surface area contributed by atoms with Crippen LogP contribution in [0.1, 0.15) is 26.7 Å². The Morgan fingerprint density at radius 3 is 2.23 bits per heavy atom. The minimum atomic E-state index is -2.42. The van der Waals surface area contributed by atoms with Gasteiger partial charge in [0.05, 0.1) is 13.2 Å². The van der Waals surface area contributed by atoms with Gasteiger partial charge in [0.1, 0.15) is 0 Å². The van der Waals surface area contributed by atoms with Gasteiger partial charge in [-0.1, -0.05) is 0 Å². The summed E-state index contributed by atoms with van der Waals surface area (Å²) < 4.78 is 21.7. The Morgan fingerprint density at radius 2 is 1.68 bits per heavy atom. The van der Waals surface area contributed by atoms with Gasteiger partial charge in [0, 0.05) is 52.5 Å². The van der Waals surface area contributed by atoms with E-state index in [1.54, 1.807) is 21.3 Å². The van der Waals surface area contributed by atoms with Crippen molar-refractivity contribution in [3.63, 3.8) is 0 Å². The predicted octanol–water partition coefficient (Wildman–Crippen LogP) is 1.35. The number of nitrogens with one attached hydrogen (secondary N) is 1. The van der Waals surface area contributed by atoms with Gasteiger partial charge in [0.15, 0.2) is 0 Å². The van der Waals surface area contributed by atoms with Gasteiger partial charge in [0.25, 0.3) is 0 Å². The maximum atomic E-state index is 5.44. The van der Waals surface area contributed by atoms with Crippen molar-refractivity contribution in [2.45, 2.75) is 38.3 Å². The van der Waals surface area contributed by atoms with Crippen LogP contribution in [0, 0.1) is 0 Å². The van der Waals surface area contributed by atoms with E-state index in [1.807, 2.05) is 0 Å². The Kier molecular flexibility index (Phi) is 9.07. The molecule has 1 heterocycles. The summed E-state index contributed by atoms with van der Waals surface area (Å²) in [6.07, 6.45) is 2.12. The van der Waals surface area contributed by atoms with Gasteiger partial charge in [0.2, 0.25) is 0 Å². The molecular formula is C15H34N2O4Si. The highest BCUT2D eigenvalue weighted by Gasteiger charge is 2.36. The quantitative estimate of drug-likeness (QED) is 0.455. The molecule has 0 bridgehead atoms. The summed E-state index contributed by atoms with van der Waals surface area (Å²) in [7, 11) is 2.58. The zero-order chi connectivity index (χ0) is 16.5. The molecule has 0 aromatic rings. The van der Waals surface area contributed by atoms with Crippen molar-refractivity contribution >= 4 is 8.80 Å². The van der Waals surface area contributed by atoms with Crippen LogP contribution in [-0.4, -0.2) is 80.0 Å². The standard InChI is InChI=1S/C15H34N2O4Si/c1-15(2,7-9-17-10-12-21-13-11-17)16-8-6-14-22(18-3,19-4)20-5/h16H,6-14H2,1-5H3. The van der Waals surface area contributed by atoms with E-state index in [-0.39, 0.29) is 5.54 Å². The zero-order valence-corrected chi connectivity index (χ0v) is 15.9. The van der Waals surface area contributed by atoms with Crippen LogP contribution in [0.25, 0.3) is 0 Å². The second-order valence-electron chi connectivity index (χ2n) is 6.41. The third kappa shape index (κ3) is 7.04. The molecule has 1 aliphatic rings. The minimum absolute atomic E-state index is 0.135. The highest BCUT2D eigenvalue weighted by molar-refractivity contribution is 6.60. The van der Waals surface area contributed by atoms with Crippen LogP contribution in [0.5, 0.6) is 0 Å². The van der Waals surface area contributed by atoms with Crippen molar-refractivity contribution in [1.82, 2.24) is 10.2 Å². The summed E-state index contributed by atoms with van der Waals surface area (Å²) in [5, 5.41) is 3.64. The molecule has 1 rings (SSSR count). The maximum absolute atomic E-state index is 5.44. The summed E-state index contributed by atoms with van der Waals surface area (Å²) in [5.41, 5.74) is 0.135. The lowest BCUT2D eigenvalue weighted by Crippen LogP contribution is -2.46. The Bertz CT molecular complexity index is 287. The van der Waals surface area contributed by atoms with Gasteiger partial charge in [-0.15, -0.1) is 0 Å². The molecule has 0 atom stereocenters. The SMILES string of the molecule is CO[Si](CCCNC(C)(C)CCN1CCOCC1)(OC)OC. The molecular weight excluding hydrogens is 300 g/mol. The van der Waals surface area contributed by atoms with Gasteiger partial charge in [-0.25, -0.2) is 0 Å². The van der Waals surface area contributed by atoms with Crippen molar-refractivity contribution in [3.8, 4) is 0 Å². The van der Waals surface area contributed by atoms with E-state index >= 15 is 0 Å². The molecule has 0 aromatic heterocycles. The molecule has 0 saturated carbocycles. The Balaban J connectivity index is 2.21. The van der Waals surface area contributed by atoms with Crippen LogP contribution in [0.2, 0.25) is 6.04 Å². The van der Waals surface area contributed by atoms with Crippen LogP contribution in [0.4, 0.5) is 0 Å². The summed E-state index contributed by atoms with van der Waals surface area (Å²) in [6, 6.07) is 0.836. The topological polar surface area (TPSA) is 52.2 Å². The molecule has 7 heteroatoms. The molecule has 0 aromatic carbocycles. The van der Waals surface area contributed by atoms with Gasteiger partial charge < -0.3 is 23.3 Å². The lowest BCUT2D eigenvalue weighted by molar-refractivity contribution is 0.0343. The van der Waals surface area contributed by atoms with Crippen molar-refractivity contribution in [1.29, 1.82) is 0 Å². The molecule has 1 aliphatic heterocycles. The van der Waals surface area contributed by atoms with E-state index in [1.165, 1.54) is 0 Å². The summed E-state index contributed by atoms with van der Waals surface area (Å²) >= 11 is 0. The van der Waals surface area contributed by atoms with Gasteiger partial charge in [-0.05, 0) is 33.2 Å². The Hall–Kier alpha value is -0.0231. The second kappa shape index (κ2) is 9.97. The predicted molar refractivity (Wildman–Crippen MR) is 90.2 cm³/mol. The first kappa shape index (κ1) is 20.0. The van der Waals surface area contributed by atoms with Crippen LogP contribution in [0.3, 0.4) is 0 Å². The smallest absolute Gasteiger partial charge is 0.379 e. The summed E-state index contributed by atoms with van der Waals surface area (Å²) in [6.45, 7) is 10.4. The summed E-state index contributed by atoms with van der Waals surface area (Å²) in [5.74, 6) is 0. The van der Waals surface area contributed by atoms with E-state index in [9.17, 15) is 0 Å². The maximum Gasteiger partial charge on any atom is 0.500 e. The van der Waals surface area contributed by atoms with E-state index in [4.69, 9.17) is 18.0 Å². The van der Waals surface area contributed by atoms with Crippen molar-refractivity contribution in [2.24, 2.45) is 0 Å². The highest BCUT2D eigenvalue weighted by Crippen LogP contribution is 2.16. The molecule has 0 spiro atoms. The van der Waals surface area contributed by atoms with Gasteiger partial charge in [-0.2, -0.15) is 0 Å². The number of morpholine rings is 1. The molecule has 0 radical (unpaired) electrons. The molecule has 0 amide bonds. The van der Waals surface area contributed by atoms with Crippen molar-refractivity contribution < 1.29 is 18.0 Å². The van der Waals surface area contributed by atoms with E-state index in [2.05, 4.69) is 24.1 Å². The van der Waals surface area contributed by atoms with Crippen LogP contribution >= 0.6 is 0 Å². The van der Waals surface area contributed by atoms with Gasteiger partial charge >= 0.3 is 8.80 Å². The normalized spacial score (nSPS) is 17.9. The zero-order valence-electron chi connectivity index (χ0n) is 14.9. The van der Waals surface area contributed by atoms with E-state index < -0.39 is 8.80 Å². The first-order valence-electron chi connectivity index (χ1n) is 8.17. The first-order valence-corrected chi connectivity index (χ1v) is 10.1. The van der Waals surface area contributed by atoms with E-state index in [0.717, 1.165) is 58.3 Å². The Labute approximate surface area is 136 Å². The lowest BCUT2D eigenvalue weighted by atomic mass is 10.00. The lowest BCUT2D eigenvalue weighted by Gasteiger charge is -2.32. The fourth-order valence-corrected chi connectivity index (χ4v) is 4.36. The van der Waals surface area contributed by atoms with Crippen molar-refractivity contribution in [3.05, 3.63) is 0 Å². The molecule has 0 unspecified atom stereocenters. The molecule has 22 heavy (non-hydrogen) atoms. The number of nitrogens with zero attached hydrogens (tertiary/aromatic N) is 1.